The average Bonchev–Trinajstić information content (AvgIpc) is 2.63. The molecule has 3 rings (SSSR count). The molecule has 1 atom stereocenters. The number of carbonyl (C=O) groups is 2. The zero-order valence-corrected chi connectivity index (χ0v) is 13.4. The second-order valence-electron chi connectivity index (χ2n) is 5.65. The topological polar surface area (TPSA) is 86.6 Å². The molecule has 0 aromatic heterocycles. The number of Topliss-reactive ketones (excluding diaryl/α,β-unsaturated/α-hetero) is 2. The van der Waals surface area contributed by atoms with E-state index in [1.54, 1.807) is 42.5 Å². The Morgan fingerprint density at radius 2 is 1.60 bits per heavy atom. The minimum Gasteiger partial charge on any atom is -0.508 e. The van der Waals surface area contributed by atoms with Gasteiger partial charge in [0.25, 0.3) is 0 Å². The van der Waals surface area contributed by atoms with E-state index < -0.39 is 17.6 Å². The molecule has 0 amide bonds. The van der Waals surface area contributed by atoms with E-state index in [0.29, 0.717) is 17.7 Å². The highest BCUT2D eigenvalue weighted by Crippen LogP contribution is 2.37. The summed E-state index contributed by atoms with van der Waals surface area (Å²) in [5, 5.41) is 23.9. The largest absolute Gasteiger partial charge is 0.508 e. The first-order chi connectivity index (χ1) is 12.1. The van der Waals surface area contributed by atoms with Crippen LogP contribution in [0.2, 0.25) is 0 Å². The number of carbonyl (C=O) groups excluding carboxylic acids is 2. The molecule has 5 heteroatoms. The zero-order chi connectivity index (χ0) is 18.0. The Balaban J connectivity index is 2.21. The van der Waals surface area contributed by atoms with Gasteiger partial charge in [-0.15, -0.1) is 6.58 Å². The number of hydrogen-bond donors (Lipinski definition) is 3. The van der Waals surface area contributed by atoms with E-state index in [1.165, 1.54) is 12.1 Å². The van der Waals surface area contributed by atoms with Crippen LogP contribution in [0.5, 0.6) is 5.75 Å². The van der Waals surface area contributed by atoms with Gasteiger partial charge in [-0.3, -0.25) is 9.59 Å². The number of hydrogen-bond acceptors (Lipinski definition) is 5. The van der Waals surface area contributed by atoms with Crippen molar-refractivity contribution >= 4 is 17.3 Å². The Labute approximate surface area is 144 Å². The van der Waals surface area contributed by atoms with Crippen LogP contribution in [0.4, 0.5) is 0 Å². The quantitative estimate of drug-likeness (QED) is 0.578. The van der Waals surface area contributed by atoms with E-state index in [9.17, 15) is 19.8 Å². The number of fused-ring (bicyclic) bond motifs is 1. The van der Waals surface area contributed by atoms with Crippen LogP contribution >= 0.6 is 0 Å². The van der Waals surface area contributed by atoms with Crippen molar-refractivity contribution in [1.82, 2.24) is 5.32 Å². The van der Waals surface area contributed by atoms with Crippen LogP contribution in [0, 0.1) is 0 Å². The summed E-state index contributed by atoms with van der Waals surface area (Å²) in [6.45, 7) is 3.95. The average molecular weight is 335 g/mol. The Hall–Kier alpha value is -3.18. The van der Waals surface area contributed by atoms with E-state index in [-0.39, 0.29) is 22.6 Å². The number of phenolic OH excluding ortho intramolecular Hbond substituents is 1. The molecule has 25 heavy (non-hydrogen) atoms. The van der Waals surface area contributed by atoms with Gasteiger partial charge >= 0.3 is 0 Å². The number of rotatable bonds is 5. The Kier molecular flexibility index (Phi) is 4.50. The molecule has 0 saturated heterocycles. The van der Waals surface area contributed by atoms with Gasteiger partial charge in [0, 0.05) is 23.2 Å². The minimum atomic E-state index is -0.844. The van der Waals surface area contributed by atoms with Crippen LogP contribution < -0.4 is 5.32 Å². The highest BCUT2D eigenvalue weighted by molar-refractivity contribution is 6.52. The SMILES string of the molecule is C=CCNC(C1=C(O)c2ccccc2C(=O)C1=O)c1ccccc1O. The van der Waals surface area contributed by atoms with Crippen molar-refractivity contribution < 1.29 is 19.8 Å². The number of para-hydroxylation sites is 1. The van der Waals surface area contributed by atoms with Crippen molar-refractivity contribution in [2.45, 2.75) is 6.04 Å². The van der Waals surface area contributed by atoms with E-state index in [2.05, 4.69) is 11.9 Å². The lowest BCUT2D eigenvalue weighted by Gasteiger charge is -2.26. The van der Waals surface area contributed by atoms with Gasteiger partial charge in [0.1, 0.15) is 11.5 Å². The van der Waals surface area contributed by atoms with E-state index in [0.717, 1.165) is 0 Å². The molecule has 0 bridgehead atoms. The van der Waals surface area contributed by atoms with Crippen LogP contribution in [-0.2, 0) is 4.79 Å². The highest BCUT2D eigenvalue weighted by atomic mass is 16.3. The predicted octanol–water partition coefficient (Wildman–Crippen LogP) is 2.94. The summed E-state index contributed by atoms with van der Waals surface area (Å²) in [6, 6.07) is 12.1. The number of benzene rings is 2. The van der Waals surface area contributed by atoms with Crippen molar-refractivity contribution in [3.8, 4) is 5.75 Å². The van der Waals surface area contributed by atoms with Gasteiger partial charge in [-0.25, -0.2) is 0 Å². The van der Waals surface area contributed by atoms with Gasteiger partial charge in [0.15, 0.2) is 0 Å². The maximum Gasteiger partial charge on any atom is 0.235 e. The minimum absolute atomic E-state index is 0.0385. The summed E-state index contributed by atoms with van der Waals surface area (Å²) in [6.07, 6.45) is 1.59. The van der Waals surface area contributed by atoms with E-state index >= 15 is 0 Å². The molecule has 0 aliphatic heterocycles. The monoisotopic (exact) mass is 335 g/mol. The Morgan fingerprint density at radius 3 is 2.28 bits per heavy atom. The van der Waals surface area contributed by atoms with Gasteiger partial charge in [-0.2, -0.15) is 0 Å². The molecule has 0 radical (unpaired) electrons. The molecule has 1 aliphatic rings. The van der Waals surface area contributed by atoms with Crippen LogP contribution in [0.25, 0.3) is 5.76 Å². The van der Waals surface area contributed by atoms with Gasteiger partial charge < -0.3 is 15.5 Å². The third kappa shape index (κ3) is 2.86. The fourth-order valence-corrected chi connectivity index (χ4v) is 2.95. The van der Waals surface area contributed by atoms with Crippen molar-refractivity contribution in [2.75, 3.05) is 6.54 Å². The first-order valence-electron chi connectivity index (χ1n) is 7.80. The molecule has 5 nitrogen and oxygen atoms in total. The van der Waals surface area contributed by atoms with Crippen molar-refractivity contribution in [2.24, 2.45) is 0 Å². The molecule has 3 N–H and O–H groups in total. The van der Waals surface area contributed by atoms with Crippen molar-refractivity contribution in [1.29, 1.82) is 0 Å². The molecule has 126 valence electrons. The highest BCUT2D eigenvalue weighted by Gasteiger charge is 2.37. The number of aliphatic hydroxyl groups excluding tert-OH is 1. The smallest absolute Gasteiger partial charge is 0.235 e. The maximum atomic E-state index is 12.7. The first-order valence-corrected chi connectivity index (χ1v) is 7.80. The fourth-order valence-electron chi connectivity index (χ4n) is 2.95. The summed E-state index contributed by atoms with van der Waals surface area (Å²) < 4.78 is 0. The number of nitrogens with one attached hydrogen (secondary N) is 1. The normalized spacial score (nSPS) is 15.0. The molecule has 0 fully saturated rings. The molecular formula is C20H17NO4. The lowest BCUT2D eigenvalue weighted by Crippen LogP contribution is -2.33. The van der Waals surface area contributed by atoms with E-state index in [4.69, 9.17) is 0 Å². The lowest BCUT2D eigenvalue weighted by atomic mass is 9.83. The van der Waals surface area contributed by atoms with Crippen LogP contribution in [0.1, 0.15) is 27.5 Å². The number of phenols is 1. The molecule has 1 aliphatic carbocycles. The van der Waals surface area contributed by atoms with Crippen LogP contribution in [0.15, 0.2) is 66.8 Å². The fraction of sp³-hybridized carbons (Fsp3) is 0.100. The number of ketones is 2. The lowest BCUT2D eigenvalue weighted by molar-refractivity contribution is -0.112. The van der Waals surface area contributed by atoms with E-state index in [1.807, 2.05) is 0 Å². The Morgan fingerprint density at radius 1 is 0.960 bits per heavy atom. The molecular weight excluding hydrogens is 318 g/mol. The molecule has 0 heterocycles. The third-order valence-electron chi connectivity index (χ3n) is 4.14. The van der Waals surface area contributed by atoms with Crippen molar-refractivity contribution in [3.63, 3.8) is 0 Å². The predicted molar refractivity (Wildman–Crippen MR) is 94.4 cm³/mol. The summed E-state index contributed by atoms with van der Waals surface area (Å²) in [5.74, 6) is -1.77. The molecule has 0 spiro atoms. The third-order valence-corrected chi connectivity index (χ3v) is 4.14. The molecule has 1 unspecified atom stereocenters. The van der Waals surface area contributed by atoms with Gasteiger partial charge in [0.05, 0.1) is 11.6 Å². The summed E-state index contributed by atoms with van der Waals surface area (Å²) in [5.41, 5.74) is 0.801. The molecule has 2 aromatic carbocycles. The summed E-state index contributed by atoms with van der Waals surface area (Å²) in [7, 11) is 0. The molecule has 0 saturated carbocycles. The summed E-state index contributed by atoms with van der Waals surface area (Å²) in [4.78, 5) is 25.1. The van der Waals surface area contributed by atoms with Gasteiger partial charge in [-0.05, 0) is 6.07 Å². The Bertz CT molecular complexity index is 898. The van der Waals surface area contributed by atoms with Crippen LogP contribution in [-0.4, -0.2) is 28.3 Å². The van der Waals surface area contributed by atoms with Crippen molar-refractivity contribution in [3.05, 3.63) is 83.4 Å². The first kappa shape index (κ1) is 16.7. The maximum absolute atomic E-state index is 12.7. The number of aromatic hydroxyl groups is 1. The molecule has 2 aromatic rings. The standard InChI is InChI=1S/C20H17NO4/c1-2-11-21-17(14-9-5-6-10-15(14)22)16-18(23)12-7-3-4-8-13(12)19(24)20(16)25/h2-10,17,21-23H,1,11H2. The zero-order valence-electron chi connectivity index (χ0n) is 13.4. The van der Waals surface area contributed by atoms with Gasteiger partial charge in [-0.1, -0.05) is 48.5 Å². The number of aliphatic hydroxyl groups is 1. The van der Waals surface area contributed by atoms with Crippen LogP contribution in [0.3, 0.4) is 0 Å². The van der Waals surface area contributed by atoms with Gasteiger partial charge in [0.2, 0.25) is 11.6 Å². The second kappa shape index (κ2) is 6.75. The summed E-state index contributed by atoms with van der Waals surface area (Å²) >= 11 is 0. The second-order valence-corrected chi connectivity index (χ2v) is 5.65.